The fourth-order valence-electron chi connectivity index (χ4n) is 1.84. The topological polar surface area (TPSA) is 41.1 Å². The van der Waals surface area contributed by atoms with Crippen molar-refractivity contribution in [1.29, 1.82) is 0 Å². The number of rotatable bonds is 3. The molecule has 0 aromatic heterocycles. The first kappa shape index (κ1) is 10.2. The van der Waals surface area contributed by atoms with Crippen molar-refractivity contribution in [3.63, 3.8) is 0 Å². The summed E-state index contributed by atoms with van der Waals surface area (Å²) in [6, 6.07) is 7.89. The molecule has 1 amide bonds. The zero-order valence-corrected chi connectivity index (χ0v) is 8.92. The summed E-state index contributed by atoms with van der Waals surface area (Å²) in [7, 11) is 0. The predicted molar refractivity (Wildman–Crippen MR) is 60.9 cm³/mol. The molecule has 0 spiro atoms. The fourth-order valence-corrected chi connectivity index (χ4v) is 1.84. The number of para-hydroxylation sites is 1. The molecular formula is C12H16N2O. The summed E-state index contributed by atoms with van der Waals surface area (Å²) in [5, 5.41) is 6.17. The van der Waals surface area contributed by atoms with E-state index in [9.17, 15) is 4.79 Å². The Balaban J connectivity index is 2.11. The lowest BCUT2D eigenvalue weighted by Gasteiger charge is -2.25. The van der Waals surface area contributed by atoms with Crippen LogP contribution in [0.15, 0.2) is 24.3 Å². The Hall–Kier alpha value is -1.35. The third-order valence-corrected chi connectivity index (χ3v) is 2.66. The smallest absolute Gasteiger partial charge is 0.241 e. The minimum Gasteiger partial charge on any atom is -0.324 e. The number of benzene rings is 1. The Labute approximate surface area is 89.9 Å². The monoisotopic (exact) mass is 204 g/mol. The summed E-state index contributed by atoms with van der Waals surface area (Å²) >= 11 is 0. The minimum absolute atomic E-state index is 0.0696. The Morgan fingerprint density at radius 1 is 1.47 bits per heavy atom. The van der Waals surface area contributed by atoms with E-state index in [1.165, 1.54) is 5.56 Å². The first-order chi connectivity index (χ1) is 7.31. The molecule has 0 radical (unpaired) electrons. The Morgan fingerprint density at radius 2 is 2.27 bits per heavy atom. The Morgan fingerprint density at radius 3 is 3.07 bits per heavy atom. The summed E-state index contributed by atoms with van der Waals surface area (Å²) in [6.45, 7) is 2.99. The molecule has 0 saturated heterocycles. The van der Waals surface area contributed by atoms with Crippen LogP contribution < -0.4 is 10.6 Å². The van der Waals surface area contributed by atoms with Gasteiger partial charge in [-0.2, -0.15) is 0 Å². The number of anilines is 1. The molecule has 2 N–H and O–H groups in total. The molecule has 0 aliphatic carbocycles. The lowest BCUT2D eigenvalue weighted by Crippen LogP contribution is -2.45. The van der Waals surface area contributed by atoms with Crippen molar-refractivity contribution in [1.82, 2.24) is 5.32 Å². The maximum atomic E-state index is 11.7. The maximum Gasteiger partial charge on any atom is 0.241 e. The molecule has 1 unspecified atom stereocenters. The molecule has 0 bridgehead atoms. The van der Waals surface area contributed by atoms with Gasteiger partial charge in [-0.3, -0.25) is 4.79 Å². The highest BCUT2D eigenvalue weighted by Crippen LogP contribution is 2.21. The molecule has 1 aromatic carbocycles. The summed E-state index contributed by atoms with van der Waals surface area (Å²) in [5.74, 6) is 0.0853. The first-order valence-electron chi connectivity index (χ1n) is 5.43. The van der Waals surface area contributed by atoms with Crippen LogP contribution >= 0.6 is 0 Å². The average Bonchev–Trinajstić information content (AvgIpc) is 2.26. The standard InChI is InChI=1S/C12H16N2O/c1-2-7-13-11-8-9-5-3-4-6-10(9)14-12(11)15/h3-6,11,13H,2,7-8H2,1H3,(H,14,15). The molecule has 0 saturated carbocycles. The number of nitrogens with one attached hydrogen (secondary N) is 2. The Kier molecular flexibility index (Phi) is 3.02. The van der Waals surface area contributed by atoms with Crippen LogP contribution in [0.3, 0.4) is 0 Å². The highest BCUT2D eigenvalue weighted by Gasteiger charge is 2.24. The van der Waals surface area contributed by atoms with Crippen molar-refractivity contribution in [3.05, 3.63) is 29.8 Å². The van der Waals surface area contributed by atoms with Crippen molar-refractivity contribution >= 4 is 11.6 Å². The van der Waals surface area contributed by atoms with Gasteiger partial charge in [0.05, 0.1) is 6.04 Å². The van der Waals surface area contributed by atoms with Crippen molar-refractivity contribution in [3.8, 4) is 0 Å². The third-order valence-electron chi connectivity index (χ3n) is 2.66. The molecule has 80 valence electrons. The van der Waals surface area contributed by atoms with Gasteiger partial charge < -0.3 is 10.6 Å². The van der Waals surface area contributed by atoms with Crippen LogP contribution in [0.2, 0.25) is 0 Å². The van der Waals surface area contributed by atoms with Gasteiger partial charge in [-0.1, -0.05) is 25.1 Å². The van der Waals surface area contributed by atoms with Crippen LogP contribution in [-0.4, -0.2) is 18.5 Å². The molecule has 1 aliphatic rings. The van der Waals surface area contributed by atoms with Gasteiger partial charge in [0.15, 0.2) is 0 Å². The van der Waals surface area contributed by atoms with E-state index < -0.39 is 0 Å². The normalized spacial score (nSPS) is 19.5. The van der Waals surface area contributed by atoms with E-state index in [1.807, 2.05) is 18.2 Å². The van der Waals surface area contributed by atoms with Crippen molar-refractivity contribution in [2.45, 2.75) is 25.8 Å². The van der Waals surface area contributed by atoms with E-state index in [0.29, 0.717) is 0 Å². The molecule has 3 nitrogen and oxygen atoms in total. The van der Waals surface area contributed by atoms with Gasteiger partial charge in [-0.25, -0.2) is 0 Å². The van der Waals surface area contributed by atoms with Gasteiger partial charge in [0.25, 0.3) is 0 Å². The minimum atomic E-state index is -0.0696. The molecular weight excluding hydrogens is 188 g/mol. The van der Waals surface area contributed by atoms with Crippen LogP contribution in [-0.2, 0) is 11.2 Å². The zero-order chi connectivity index (χ0) is 10.7. The number of fused-ring (bicyclic) bond motifs is 1. The van der Waals surface area contributed by atoms with Crippen molar-refractivity contribution in [2.75, 3.05) is 11.9 Å². The lowest BCUT2D eigenvalue weighted by molar-refractivity contribution is -0.118. The quantitative estimate of drug-likeness (QED) is 0.784. The van der Waals surface area contributed by atoms with Crippen LogP contribution in [0.5, 0.6) is 0 Å². The van der Waals surface area contributed by atoms with Gasteiger partial charge in [0, 0.05) is 5.69 Å². The zero-order valence-electron chi connectivity index (χ0n) is 8.92. The van der Waals surface area contributed by atoms with E-state index in [4.69, 9.17) is 0 Å². The average molecular weight is 204 g/mol. The Bertz CT molecular complexity index is 362. The van der Waals surface area contributed by atoms with Gasteiger partial charge >= 0.3 is 0 Å². The molecule has 2 rings (SSSR count). The summed E-state index contributed by atoms with van der Waals surface area (Å²) in [5.41, 5.74) is 2.17. The maximum absolute atomic E-state index is 11.7. The second-order valence-corrected chi connectivity index (χ2v) is 3.86. The van der Waals surface area contributed by atoms with Crippen molar-refractivity contribution in [2.24, 2.45) is 0 Å². The highest BCUT2D eigenvalue weighted by molar-refractivity contribution is 5.97. The second kappa shape index (κ2) is 4.45. The van der Waals surface area contributed by atoms with Gasteiger partial charge in [-0.15, -0.1) is 0 Å². The van der Waals surface area contributed by atoms with Crippen molar-refractivity contribution < 1.29 is 4.79 Å². The van der Waals surface area contributed by atoms with Gasteiger partial charge in [-0.05, 0) is 31.0 Å². The van der Waals surface area contributed by atoms with E-state index in [0.717, 1.165) is 25.1 Å². The predicted octanol–water partition coefficient (Wildman–Crippen LogP) is 1.55. The van der Waals surface area contributed by atoms with Crippen LogP contribution in [0.4, 0.5) is 5.69 Å². The number of amides is 1. The van der Waals surface area contributed by atoms with Crippen LogP contribution in [0.25, 0.3) is 0 Å². The summed E-state index contributed by atoms with van der Waals surface area (Å²) in [6.07, 6.45) is 1.84. The number of hydrogen-bond acceptors (Lipinski definition) is 2. The van der Waals surface area contributed by atoms with E-state index in [2.05, 4.69) is 23.6 Å². The largest absolute Gasteiger partial charge is 0.324 e. The van der Waals surface area contributed by atoms with E-state index >= 15 is 0 Å². The van der Waals surface area contributed by atoms with Crippen LogP contribution in [0.1, 0.15) is 18.9 Å². The fraction of sp³-hybridized carbons (Fsp3) is 0.417. The highest BCUT2D eigenvalue weighted by atomic mass is 16.2. The van der Waals surface area contributed by atoms with Gasteiger partial charge in [0.2, 0.25) is 5.91 Å². The first-order valence-corrected chi connectivity index (χ1v) is 5.43. The summed E-state index contributed by atoms with van der Waals surface area (Å²) < 4.78 is 0. The molecule has 1 aliphatic heterocycles. The molecule has 1 heterocycles. The molecule has 0 fully saturated rings. The number of carbonyl (C=O) groups is 1. The second-order valence-electron chi connectivity index (χ2n) is 3.86. The molecule has 1 aromatic rings. The van der Waals surface area contributed by atoms with Crippen LogP contribution in [0, 0.1) is 0 Å². The number of hydrogen-bond donors (Lipinski definition) is 2. The third kappa shape index (κ3) is 2.18. The molecule has 1 atom stereocenters. The molecule has 15 heavy (non-hydrogen) atoms. The SMILES string of the molecule is CCCNC1Cc2ccccc2NC1=O. The number of carbonyl (C=O) groups excluding carboxylic acids is 1. The van der Waals surface area contributed by atoms with E-state index in [-0.39, 0.29) is 11.9 Å². The summed E-state index contributed by atoms with van der Waals surface area (Å²) in [4.78, 5) is 11.7. The van der Waals surface area contributed by atoms with E-state index in [1.54, 1.807) is 0 Å². The molecule has 3 heteroatoms. The lowest BCUT2D eigenvalue weighted by atomic mass is 9.99. The van der Waals surface area contributed by atoms with Gasteiger partial charge in [0.1, 0.15) is 0 Å².